The second-order valence-corrected chi connectivity index (χ2v) is 7.19. The van der Waals surface area contributed by atoms with Crippen LogP contribution in [-0.4, -0.2) is 35.5 Å². The largest absolute Gasteiger partial charge is 0.497 e. The first-order valence-corrected chi connectivity index (χ1v) is 9.78. The molecule has 156 valence electrons. The van der Waals surface area contributed by atoms with Gasteiger partial charge in [0.05, 0.1) is 35.5 Å². The predicted octanol–water partition coefficient (Wildman–Crippen LogP) is 5.08. The molecule has 1 aliphatic rings. The molecule has 0 aromatic heterocycles. The molecule has 0 N–H and O–H groups in total. The van der Waals surface area contributed by atoms with E-state index in [1.807, 2.05) is 24.3 Å². The number of ether oxygens (including phenoxy) is 5. The van der Waals surface area contributed by atoms with Crippen LogP contribution in [0.4, 0.5) is 0 Å². The molecule has 0 saturated carbocycles. The van der Waals surface area contributed by atoms with Crippen LogP contribution in [0.1, 0.15) is 22.6 Å². The molecule has 3 aromatic rings. The monoisotopic (exact) mass is 406 g/mol. The van der Waals surface area contributed by atoms with Gasteiger partial charge < -0.3 is 23.7 Å². The Labute approximate surface area is 177 Å². The zero-order valence-corrected chi connectivity index (χ0v) is 17.9. The van der Waals surface area contributed by atoms with Gasteiger partial charge in [0, 0.05) is 5.92 Å². The molecule has 0 bridgehead atoms. The van der Waals surface area contributed by atoms with E-state index in [2.05, 4.69) is 24.3 Å². The molecule has 3 aromatic carbocycles. The third-order valence-electron chi connectivity index (χ3n) is 5.75. The van der Waals surface area contributed by atoms with Crippen LogP contribution in [0, 0.1) is 0 Å². The molecule has 30 heavy (non-hydrogen) atoms. The molecule has 0 heterocycles. The van der Waals surface area contributed by atoms with E-state index < -0.39 is 0 Å². The molecule has 0 atom stereocenters. The number of hydrogen-bond acceptors (Lipinski definition) is 5. The first-order valence-electron chi connectivity index (χ1n) is 9.78. The maximum atomic E-state index is 5.59. The molecule has 5 heteroatoms. The molecule has 0 saturated heterocycles. The Morgan fingerprint density at radius 1 is 0.567 bits per heavy atom. The van der Waals surface area contributed by atoms with Gasteiger partial charge in [0.2, 0.25) is 0 Å². The summed E-state index contributed by atoms with van der Waals surface area (Å²) in [6.45, 7) is 0. The lowest BCUT2D eigenvalue weighted by Crippen LogP contribution is -2.03. The van der Waals surface area contributed by atoms with Crippen LogP contribution < -0.4 is 23.7 Å². The van der Waals surface area contributed by atoms with Gasteiger partial charge in [0.15, 0.2) is 23.0 Å². The van der Waals surface area contributed by atoms with Gasteiger partial charge in [-0.2, -0.15) is 0 Å². The molecule has 0 radical (unpaired) electrons. The van der Waals surface area contributed by atoms with Crippen molar-refractivity contribution < 1.29 is 23.7 Å². The van der Waals surface area contributed by atoms with Crippen LogP contribution >= 0.6 is 0 Å². The minimum Gasteiger partial charge on any atom is -0.497 e. The highest BCUT2D eigenvalue weighted by Crippen LogP contribution is 2.52. The smallest absolute Gasteiger partial charge is 0.161 e. The minimum absolute atomic E-state index is 0.156. The highest BCUT2D eigenvalue weighted by molar-refractivity contribution is 5.83. The zero-order valence-electron chi connectivity index (χ0n) is 17.9. The average molecular weight is 406 g/mol. The number of hydrogen-bond donors (Lipinski definition) is 0. The van der Waals surface area contributed by atoms with Gasteiger partial charge in [-0.05, 0) is 70.6 Å². The lowest BCUT2D eigenvalue weighted by Gasteiger charge is -2.17. The fourth-order valence-electron chi connectivity index (χ4n) is 4.22. The topological polar surface area (TPSA) is 46.2 Å². The molecular weight excluding hydrogens is 380 g/mol. The maximum Gasteiger partial charge on any atom is 0.161 e. The van der Waals surface area contributed by atoms with E-state index in [-0.39, 0.29) is 5.92 Å². The number of methoxy groups -OCH3 is 5. The summed E-state index contributed by atoms with van der Waals surface area (Å²) in [5, 5.41) is 0. The van der Waals surface area contributed by atoms with Crippen molar-refractivity contribution >= 4 is 0 Å². The van der Waals surface area contributed by atoms with Crippen LogP contribution in [0.3, 0.4) is 0 Å². The van der Waals surface area contributed by atoms with Crippen molar-refractivity contribution in [1.82, 2.24) is 0 Å². The summed E-state index contributed by atoms with van der Waals surface area (Å²) in [6, 6.07) is 16.5. The Morgan fingerprint density at radius 2 is 1.00 bits per heavy atom. The van der Waals surface area contributed by atoms with Crippen molar-refractivity contribution in [3.63, 3.8) is 0 Å². The normalized spacial score (nSPS) is 12.2. The summed E-state index contributed by atoms with van der Waals surface area (Å²) >= 11 is 0. The highest BCUT2D eigenvalue weighted by Gasteiger charge is 2.32. The van der Waals surface area contributed by atoms with Crippen LogP contribution in [0.25, 0.3) is 11.1 Å². The maximum absolute atomic E-state index is 5.59. The molecule has 0 fully saturated rings. The second kappa shape index (κ2) is 8.19. The van der Waals surface area contributed by atoms with Gasteiger partial charge in [0.1, 0.15) is 5.75 Å². The van der Waals surface area contributed by atoms with Crippen LogP contribution in [0.2, 0.25) is 0 Å². The van der Waals surface area contributed by atoms with Gasteiger partial charge >= 0.3 is 0 Å². The second-order valence-electron chi connectivity index (χ2n) is 7.19. The summed E-state index contributed by atoms with van der Waals surface area (Å²) in [5.74, 6) is 3.88. The van der Waals surface area contributed by atoms with E-state index >= 15 is 0 Å². The fraction of sp³-hybridized carbons (Fsp3) is 0.280. The van der Waals surface area contributed by atoms with E-state index in [4.69, 9.17) is 23.7 Å². The van der Waals surface area contributed by atoms with Crippen molar-refractivity contribution in [2.45, 2.75) is 12.3 Å². The average Bonchev–Trinajstić information content (AvgIpc) is 3.09. The first kappa shape index (κ1) is 20.0. The standard InChI is InChI=1S/C25H26O5/c1-26-16-8-6-15(7-9-16)10-17-18-11-22(27-2)24(29-4)13-20(18)21-14-25(30-5)23(28-3)12-19(17)21/h6-9,11-14,17H,10H2,1-5H3. The van der Waals surface area contributed by atoms with Gasteiger partial charge in [-0.25, -0.2) is 0 Å². The summed E-state index contributed by atoms with van der Waals surface area (Å²) in [6.07, 6.45) is 0.842. The molecule has 1 aliphatic carbocycles. The van der Waals surface area contributed by atoms with Crippen molar-refractivity contribution in [2.24, 2.45) is 0 Å². The Bertz CT molecular complexity index is 995. The first-order chi connectivity index (χ1) is 14.6. The van der Waals surface area contributed by atoms with Crippen molar-refractivity contribution in [2.75, 3.05) is 35.5 Å². The van der Waals surface area contributed by atoms with E-state index in [9.17, 15) is 0 Å². The summed E-state index contributed by atoms with van der Waals surface area (Å²) < 4.78 is 27.6. The van der Waals surface area contributed by atoms with Crippen molar-refractivity contribution in [3.8, 4) is 39.9 Å². The molecule has 0 spiro atoms. The Kier molecular flexibility index (Phi) is 5.44. The van der Waals surface area contributed by atoms with Crippen molar-refractivity contribution in [3.05, 3.63) is 65.2 Å². The van der Waals surface area contributed by atoms with E-state index in [1.54, 1.807) is 35.5 Å². The third-order valence-corrected chi connectivity index (χ3v) is 5.75. The van der Waals surface area contributed by atoms with Gasteiger partial charge in [0.25, 0.3) is 0 Å². The van der Waals surface area contributed by atoms with Crippen LogP contribution in [0.15, 0.2) is 48.5 Å². The van der Waals surface area contributed by atoms with Crippen LogP contribution in [-0.2, 0) is 6.42 Å². The Morgan fingerprint density at radius 3 is 1.40 bits per heavy atom. The molecule has 0 aliphatic heterocycles. The number of rotatable bonds is 7. The zero-order chi connectivity index (χ0) is 21.3. The summed E-state index contributed by atoms with van der Waals surface area (Å²) in [4.78, 5) is 0. The highest BCUT2D eigenvalue weighted by atomic mass is 16.5. The molecule has 0 unspecified atom stereocenters. The Hall–Kier alpha value is -3.34. The SMILES string of the molecule is COc1ccc(CC2c3cc(OC)c(OC)cc3-c3cc(OC)c(OC)cc32)cc1. The van der Waals surface area contributed by atoms with Gasteiger partial charge in [-0.1, -0.05) is 12.1 Å². The predicted molar refractivity (Wildman–Crippen MR) is 117 cm³/mol. The van der Waals surface area contributed by atoms with Gasteiger partial charge in [-0.3, -0.25) is 0 Å². The molecule has 0 amide bonds. The number of fused-ring (bicyclic) bond motifs is 3. The minimum atomic E-state index is 0.156. The van der Waals surface area contributed by atoms with E-state index in [1.165, 1.54) is 16.7 Å². The molecule has 4 rings (SSSR count). The van der Waals surface area contributed by atoms with E-state index in [0.29, 0.717) is 11.5 Å². The van der Waals surface area contributed by atoms with Crippen molar-refractivity contribution in [1.29, 1.82) is 0 Å². The lowest BCUT2D eigenvalue weighted by molar-refractivity contribution is 0.354. The molecule has 5 nitrogen and oxygen atoms in total. The molecular formula is C25H26O5. The third kappa shape index (κ3) is 3.30. The Balaban J connectivity index is 1.87. The number of benzene rings is 3. The summed E-state index contributed by atoms with van der Waals surface area (Å²) in [5.41, 5.74) is 5.89. The summed E-state index contributed by atoms with van der Waals surface area (Å²) in [7, 11) is 8.32. The lowest BCUT2D eigenvalue weighted by atomic mass is 9.89. The quantitative estimate of drug-likeness (QED) is 0.547. The van der Waals surface area contributed by atoms with E-state index in [0.717, 1.165) is 34.8 Å². The van der Waals surface area contributed by atoms with Gasteiger partial charge in [-0.15, -0.1) is 0 Å². The fourth-order valence-corrected chi connectivity index (χ4v) is 4.22. The van der Waals surface area contributed by atoms with Crippen LogP contribution in [0.5, 0.6) is 28.7 Å².